The maximum atomic E-state index is 12.3. The number of urea groups is 1. The first-order valence-electron chi connectivity index (χ1n) is 6.59. The minimum atomic E-state index is -1.01. The third-order valence-corrected chi connectivity index (χ3v) is 3.13. The summed E-state index contributed by atoms with van der Waals surface area (Å²) in [5, 5.41) is 8.92. The Hall–Kier alpha value is -2.11. The monoisotopic (exact) mass is 279 g/mol. The predicted octanol–water partition coefficient (Wildman–Crippen LogP) is 1.82. The van der Waals surface area contributed by atoms with Gasteiger partial charge in [-0.05, 0) is 25.5 Å². The molecule has 0 bridgehead atoms. The average Bonchev–Trinajstić information content (AvgIpc) is 2.44. The fraction of sp³-hybridized carbons (Fsp3) is 0.500. The molecule has 6 heteroatoms. The lowest BCUT2D eigenvalue weighted by Gasteiger charge is -2.31. The molecule has 1 aromatic heterocycles. The van der Waals surface area contributed by atoms with Crippen molar-refractivity contribution in [1.29, 1.82) is 0 Å². The maximum absolute atomic E-state index is 12.3. The van der Waals surface area contributed by atoms with Crippen molar-refractivity contribution in [1.82, 2.24) is 14.8 Å². The van der Waals surface area contributed by atoms with Crippen LogP contribution in [0.2, 0.25) is 0 Å². The number of amides is 2. The molecule has 1 atom stereocenters. The van der Waals surface area contributed by atoms with Gasteiger partial charge in [0.2, 0.25) is 0 Å². The van der Waals surface area contributed by atoms with E-state index in [1.54, 1.807) is 19.3 Å². The van der Waals surface area contributed by atoms with Crippen LogP contribution in [0, 0.1) is 0 Å². The van der Waals surface area contributed by atoms with Gasteiger partial charge in [0.25, 0.3) is 0 Å². The molecule has 0 radical (unpaired) electrons. The molecular weight excluding hydrogens is 258 g/mol. The van der Waals surface area contributed by atoms with E-state index in [1.165, 1.54) is 9.80 Å². The normalized spacial score (nSPS) is 11.8. The van der Waals surface area contributed by atoms with E-state index in [4.69, 9.17) is 5.11 Å². The number of carbonyl (C=O) groups excluding carboxylic acids is 1. The van der Waals surface area contributed by atoms with Crippen molar-refractivity contribution in [2.75, 3.05) is 13.6 Å². The van der Waals surface area contributed by atoms with E-state index in [9.17, 15) is 9.59 Å². The van der Waals surface area contributed by atoms with E-state index < -0.39 is 5.97 Å². The van der Waals surface area contributed by atoms with E-state index in [1.807, 2.05) is 26.0 Å². The molecule has 1 aromatic rings. The van der Waals surface area contributed by atoms with Gasteiger partial charge in [-0.15, -0.1) is 0 Å². The average molecular weight is 279 g/mol. The summed E-state index contributed by atoms with van der Waals surface area (Å²) >= 11 is 0. The summed E-state index contributed by atoms with van der Waals surface area (Å²) in [6.07, 6.45) is 2.37. The van der Waals surface area contributed by atoms with Gasteiger partial charge >= 0.3 is 12.0 Å². The molecule has 0 aromatic carbocycles. The van der Waals surface area contributed by atoms with Gasteiger partial charge in [0, 0.05) is 19.3 Å². The number of hydrogen-bond donors (Lipinski definition) is 1. The van der Waals surface area contributed by atoms with E-state index in [0.717, 1.165) is 5.69 Å². The van der Waals surface area contributed by atoms with Crippen LogP contribution in [0.25, 0.3) is 0 Å². The minimum Gasteiger partial charge on any atom is -0.480 e. The first-order chi connectivity index (χ1) is 9.45. The summed E-state index contributed by atoms with van der Waals surface area (Å²) in [7, 11) is 1.65. The van der Waals surface area contributed by atoms with Crippen molar-refractivity contribution in [3.63, 3.8) is 0 Å². The van der Waals surface area contributed by atoms with Crippen molar-refractivity contribution < 1.29 is 14.7 Å². The van der Waals surface area contributed by atoms with Crippen LogP contribution in [-0.2, 0) is 11.3 Å². The van der Waals surface area contributed by atoms with E-state index >= 15 is 0 Å². The van der Waals surface area contributed by atoms with Crippen LogP contribution in [0.4, 0.5) is 4.79 Å². The van der Waals surface area contributed by atoms with Gasteiger partial charge in [0.15, 0.2) is 0 Å². The van der Waals surface area contributed by atoms with Gasteiger partial charge in [0.05, 0.1) is 12.2 Å². The molecule has 0 aliphatic carbocycles. The Morgan fingerprint density at radius 3 is 2.60 bits per heavy atom. The van der Waals surface area contributed by atoms with Crippen molar-refractivity contribution in [2.24, 2.45) is 0 Å². The molecule has 6 nitrogen and oxygen atoms in total. The number of nitrogens with zero attached hydrogens (tertiary/aromatic N) is 3. The molecule has 0 aliphatic rings. The number of aliphatic carboxylic acids is 1. The molecule has 0 aliphatic heterocycles. The summed E-state index contributed by atoms with van der Waals surface area (Å²) in [5.41, 5.74) is 0.766. The van der Waals surface area contributed by atoms with Crippen LogP contribution in [-0.4, -0.2) is 51.5 Å². The lowest BCUT2D eigenvalue weighted by atomic mass is 10.2. The molecule has 0 spiro atoms. The Morgan fingerprint density at radius 1 is 1.40 bits per heavy atom. The molecule has 1 unspecified atom stereocenters. The highest BCUT2D eigenvalue weighted by Gasteiger charge is 2.24. The molecule has 1 heterocycles. The molecule has 2 amide bonds. The zero-order chi connectivity index (χ0) is 15.1. The highest BCUT2D eigenvalue weighted by atomic mass is 16.4. The molecule has 1 N–H and O–H groups in total. The zero-order valence-electron chi connectivity index (χ0n) is 12.1. The molecule has 0 saturated heterocycles. The summed E-state index contributed by atoms with van der Waals surface area (Å²) in [5.74, 6) is -1.01. The summed E-state index contributed by atoms with van der Waals surface area (Å²) in [6, 6.07) is 5.07. The molecular formula is C14H21N3O3. The first-order valence-corrected chi connectivity index (χ1v) is 6.59. The third kappa shape index (κ3) is 4.53. The van der Waals surface area contributed by atoms with Gasteiger partial charge in [-0.3, -0.25) is 9.78 Å². The standard InChI is InChI=1S/C14H21N3O3/c1-4-11(2)17(10-13(18)19)14(20)16(3)9-12-7-5-6-8-15-12/h5-8,11H,4,9-10H2,1-3H3,(H,18,19). The summed E-state index contributed by atoms with van der Waals surface area (Å²) in [4.78, 5) is 30.2. The number of carboxylic acid groups (broad SMARTS) is 1. The topological polar surface area (TPSA) is 73.7 Å². The molecule has 0 saturated carbocycles. The smallest absolute Gasteiger partial charge is 0.323 e. The Kier molecular flexibility index (Phi) is 5.96. The van der Waals surface area contributed by atoms with Crippen LogP contribution >= 0.6 is 0 Å². The van der Waals surface area contributed by atoms with Crippen LogP contribution < -0.4 is 0 Å². The first kappa shape index (κ1) is 15.9. The van der Waals surface area contributed by atoms with Gasteiger partial charge < -0.3 is 14.9 Å². The lowest BCUT2D eigenvalue weighted by molar-refractivity contribution is -0.138. The van der Waals surface area contributed by atoms with Gasteiger partial charge in [0.1, 0.15) is 6.54 Å². The van der Waals surface area contributed by atoms with E-state index in [2.05, 4.69) is 4.98 Å². The molecule has 110 valence electrons. The van der Waals surface area contributed by atoms with Crippen LogP contribution in [0.3, 0.4) is 0 Å². The lowest BCUT2D eigenvalue weighted by Crippen LogP contribution is -2.47. The Bertz CT molecular complexity index is 450. The highest BCUT2D eigenvalue weighted by Crippen LogP contribution is 2.09. The van der Waals surface area contributed by atoms with E-state index in [0.29, 0.717) is 13.0 Å². The van der Waals surface area contributed by atoms with Gasteiger partial charge in [-0.1, -0.05) is 13.0 Å². The van der Waals surface area contributed by atoms with Crippen molar-refractivity contribution in [3.8, 4) is 0 Å². The fourth-order valence-electron chi connectivity index (χ4n) is 1.80. The Morgan fingerprint density at radius 2 is 2.10 bits per heavy atom. The second kappa shape index (κ2) is 7.47. The number of pyridine rings is 1. The number of carbonyl (C=O) groups is 2. The third-order valence-electron chi connectivity index (χ3n) is 3.13. The second-order valence-electron chi connectivity index (χ2n) is 4.74. The number of aromatic nitrogens is 1. The number of carboxylic acids is 1. The Balaban J connectivity index is 2.75. The highest BCUT2D eigenvalue weighted by molar-refractivity contribution is 5.80. The summed E-state index contributed by atoms with van der Waals surface area (Å²) in [6.45, 7) is 3.83. The van der Waals surface area contributed by atoms with Gasteiger partial charge in [-0.25, -0.2) is 4.79 Å². The predicted molar refractivity (Wildman–Crippen MR) is 75.2 cm³/mol. The number of hydrogen-bond acceptors (Lipinski definition) is 3. The second-order valence-corrected chi connectivity index (χ2v) is 4.74. The largest absolute Gasteiger partial charge is 0.480 e. The zero-order valence-corrected chi connectivity index (χ0v) is 12.1. The molecule has 0 fully saturated rings. The van der Waals surface area contributed by atoms with Crippen molar-refractivity contribution in [3.05, 3.63) is 30.1 Å². The SMILES string of the molecule is CCC(C)N(CC(=O)O)C(=O)N(C)Cc1ccccn1. The quantitative estimate of drug-likeness (QED) is 0.862. The van der Waals surface area contributed by atoms with Gasteiger partial charge in [-0.2, -0.15) is 0 Å². The van der Waals surface area contributed by atoms with E-state index in [-0.39, 0.29) is 18.6 Å². The van der Waals surface area contributed by atoms with Crippen LogP contribution in [0.5, 0.6) is 0 Å². The fourth-order valence-corrected chi connectivity index (χ4v) is 1.80. The van der Waals surface area contributed by atoms with Crippen LogP contribution in [0.15, 0.2) is 24.4 Å². The van der Waals surface area contributed by atoms with Crippen molar-refractivity contribution >= 4 is 12.0 Å². The number of rotatable bonds is 6. The molecule has 1 rings (SSSR count). The van der Waals surface area contributed by atoms with Crippen molar-refractivity contribution in [2.45, 2.75) is 32.9 Å². The van der Waals surface area contributed by atoms with Crippen LogP contribution in [0.1, 0.15) is 26.0 Å². The Labute approximate surface area is 119 Å². The molecule has 20 heavy (non-hydrogen) atoms. The summed E-state index contributed by atoms with van der Waals surface area (Å²) < 4.78 is 0. The maximum Gasteiger partial charge on any atom is 0.323 e. The minimum absolute atomic E-state index is 0.121.